The van der Waals surface area contributed by atoms with E-state index >= 15 is 0 Å². The molecule has 6 nitrogen and oxygen atoms in total. The fraction of sp³-hybridized carbons (Fsp3) is 0. The smallest absolute Gasteiger partial charge is 1.00 e. The molecule has 0 aromatic heterocycles. The molecule has 0 rings (SSSR count). The van der Waals surface area contributed by atoms with Crippen LogP contribution in [0.1, 0.15) is 2.85 Å². The monoisotopic (exact) mass is 350 g/mol. The summed E-state index contributed by atoms with van der Waals surface area (Å²) in [6.07, 6.45) is 0. The third-order valence-electron chi connectivity index (χ3n) is 0. The molecule has 0 unspecified atom stereocenters. The molecule has 0 heterocycles. The van der Waals surface area contributed by atoms with Crippen molar-refractivity contribution in [1.29, 1.82) is 0 Å². The molecule has 0 aromatic rings. The van der Waals surface area contributed by atoms with Crippen molar-refractivity contribution < 1.29 is 136 Å². The number of halogens is 2. The first-order valence-corrected chi connectivity index (χ1v) is 4.51. The van der Waals surface area contributed by atoms with Gasteiger partial charge in [-0.05, 0) is 0 Å². The SMILES string of the molecule is O=P(O)(O)F.O=P(O)(O)F.[H-].[H-].[Na+].[Na+].[V].[V]. The van der Waals surface area contributed by atoms with Crippen LogP contribution in [0.3, 0.4) is 0 Å². The van der Waals surface area contributed by atoms with Crippen molar-refractivity contribution in [2.45, 2.75) is 0 Å². The molecule has 14 heteroatoms. The molecule has 78 valence electrons. The average Bonchev–Trinajstić information content (AvgIpc) is 1.12. The first-order valence-electron chi connectivity index (χ1n) is 1.50. The third-order valence-corrected chi connectivity index (χ3v) is 0. The zero-order valence-electron chi connectivity index (χ0n) is 9.15. The molecule has 0 amide bonds. The van der Waals surface area contributed by atoms with E-state index in [0.717, 1.165) is 0 Å². The molecule has 0 fully saturated rings. The van der Waals surface area contributed by atoms with Gasteiger partial charge in [0.15, 0.2) is 0 Å². The largest absolute Gasteiger partial charge is 1.00 e. The molecule has 0 saturated heterocycles. The number of rotatable bonds is 0. The van der Waals surface area contributed by atoms with Gasteiger partial charge in [-0.25, -0.2) is 9.13 Å². The summed E-state index contributed by atoms with van der Waals surface area (Å²) in [6, 6.07) is 0. The van der Waals surface area contributed by atoms with E-state index in [-0.39, 0.29) is 99.1 Å². The van der Waals surface area contributed by atoms with Crippen molar-refractivity contribution in [1.82, 2.24) is 0 Å². The summed E-state index contributed by atoms with van der Waals surface area (Å²) in [5.41, 5.74) is 0. The maximum atomic E-state index is 10.4. The van der Waals surface area contributed by atoms with Crippen molar-refractivity contribution in [3.63, 3.8) is 0 Å². The maximum Gasteiger partial charge on any atom is 1.00 e. The standard InChI is InChI=1S/2FH2O3P.2Na.2V.2H/c2*1-5(2,3)4;;;;;;/h2*(H2,2,3,4);;;;;;/q;;2*+1;;;2*-1. The van der Waals surface area contributed by atoms with Gasteiger partial charge < -0.3 is 2.85 Å². The first kappa shape index (κ1) is 36.0. The summed E-state index contributed by atoms with van der Waals surface area (Å²) in [5.74, 6) is 0. The minimum absolute atomic E-state index is 0. The molecule has 4 N–H and O–H groups in total. The molecule has 0 saturated carbocycles. The van der Waals surface area contributed by atoms with Gasteiger partial charge in [-0.15, -0.1) is 8.39 Å². The number of hydrogen-bond acceptors (Lipinski definition) is 2. The van der Waals surface area contributed by atoms with Gasteiger partial charge in [-0.1, -0.05) is 0 Å². The molecule has 0 aliphatic heterocycles. The van der Waals surface area contributed by atoms with Crippen LogP contribution in [0.25, 0.3) is 0 Å². The summed E-state index contributed by atoms with van der Waals surface area (Å²) in [7, 11) is -10.3. The molecule has 0 aliphatic carbocycles. The second kappa shape index (κ2) is 16.3. The van der Waals surface area contributed by atoms with Crippen molar-refractivity contribution in [2.75, 3.05) is 0 Å². The minimum Gasteiger partial charge on any atom is -1.00 e. The summed E-state index contributed by atoms with van der Waals surface area (Å²) in [5, 5.41) is 0. The van der Waals surface area contributed by atoms with Gasteiger partial charge in [0.1, 0.15) is 0 Å². The molecule has 14 heavy (non-hydrogen) atoms. The Hall–Kier alpha value is 3.33. The Bertz CT molecular complexity index is 151. The van der Waals surface area contributed by atoms with Gasteiger partial charge in [0.25, 0.3) is 0 Å². The van der Waals surface area contributed by atoms with E-state index in [0.29, 0.717) is 0 Å². The van der Waals surface area contributed by atoms with Crippen molar-refractivity contribution in [3.8, 4) is 0 Å². The van der Waals surface area contributed by atoms with Crippen LogP contribution in [-0.2, 0) is 46.2 Å². The summed E-state index contributed by atoms with van der Waals surface area (Å²) in [6.45, 7) is 0. The van der Waals surface area contributed by atoms with E-state index in [4.69, 9.17) is 28.7 Å². The van der Waals surface area contributed by atoms with Crippen LogP contribution >= 0.6 is 15.8 Å². The quantitative estimate of drug-likeness (QED) is 0.256. The molecule has 0 aliphatic rings. The Labute approximate surface area is 150 Å². The molecular weight excluding hydrogens is 344 g/mol. The molecular formula is H6F2Na2O6P2V2. The van der Waals surface area contributed by atoms with Crippen molar-refractivity contribution in [2.24, 2.45) is 0 Å². The van der Waals surface area contributed by atoms with Crippen molar-refractivity contribution >= 4 is 15.8 Å². The minimum atomic E-state index is -5.14. The second-order valence-corrected chi connectivity index (χ2v) is 2.84. The molecule has 0 atom stereocenters. The fourth-order valence-corrected chi connectivity index (χ4v) is 0. The van der Waals surface area contributed by atoms with Gasteiger partial charge in [-0.2, -0.15) is 0 Å². The predicted octanol–water partition coefficient (Wildman–Crippen LogP) is -5.67. The van der Waals surface area contributed by atoms with E-state index in [1.54, 1.807) is 0 Å². The van der Waals surface area contributed by atoms with E-state index < -0.39 is 15.8 Å². The van der Waals surface area contributed by atoms with E-state index in [1.807, 2.05) is 0 Å². The Morgan fingerprint density at radius 3 is 0.786 bits per heavy atom. The topological polar surface area (TPSA) is 115 Å². The second-order valence-electron chi connectivity index (χ2n) is 0.946. The summed E-state index contributed by atoms with van der Waals surface area (Å²) in [4.78, 5) is 27.9. The van der Waals surface area contributed by atoms with Crippen LogP contribution < -0.4 is 59.1 Å². The third kappa shape index (κ3) is 284. The zero-order chi connectivity index (χ0) is 9.00. The van der Waals surface area contributed by atoms with E-state index in [2.05, 4.69) is 0 Å². The van der Waals surface area contributed by atoms with Gasteiger partial charge in [0.05, 0.1) is 0 Å². The molecule has 0 bridgehead atoms. The van der Waals surface area contributed by atoms with Gasteiger partial charge in [-0.3, -0.25) is 19.6 Å². The molecule has 0 spiro atoms. The van der Waals surface area contributed by atoms with E-state index in [9.17, 15) is 8.39 Å². The Kier molecular flexibility index (Phi) is 42.0. The van der Waals surface area contributed by atoms with Crippen LogP contribution in [0, 0.1) is 0 Å². The van der Waals surface area contributed by atoms with Gasteiger partial charge >= 0.3 is 74.9 Å². The normalized spacial score (nSPS) is 8.43. The van der Waals surface area contributed by atoms with Gasteiger partial charge in [0, 0.05) is 37.1 Å². The Morgan fingerprint density at radius 2 is 0.786 bits per heavy atom. The van der Waals surface area contributed by atoms with Crippen LogP contribution in [0.4, 0.5) is 8.39 Å². The average molecular weight is 350 g/mol. The zero-order valence-corrected chi connectivity index (χ0v) is 15.7. The fourth-order valence-electron chi connectivity index (χ4n) is 0. The van der Waals surface area contributed by atoms with E-state index in [1.165, 1.54) is 0 Å². The molecule has 2 radical (unpaired) electrons. The van der Waals surface area contributed by atoms with Crippen molar-refractivity contribution in [3.05, 3.63) is 0 Å². The maximum absolute atomic E-state index is 10.4. The van der Waals surface area contributed by atoms with Gasteiger partial charge in [0.2, 0.25) is 0 Å². The first-order chi connectivity index (χ1) is 4.00. The number of hydrogen-bond donors (Lipinski definition) is 4. The summed E-state index contributed by atoms with van der Waals surface area (Å²) < 4.78 is 38.0. The Balaban J connectivity index is -0.00000000970. The van der Waals surface area contributed by atoms with Crippen LogP contribution in [0.15, 0.2) is 0 Å². The van der Waals surface area contributed by atoms with Crippen LogP contribution in [0.5, 0.6) is 0 Å². The van der Waals surface area contributed by atoms with Crippen LogP contribution in [0.2, 0.25) is 0 Å². The van der Waals surface area contributed by atoms with Crippen LogP contribution in [-0.4, -0.2) is 19.6 Å². The molecule has 0 aromatic carbocycles. The summed E-state index contributed by atoms with van der Waals surface area (Å²) >= 11 is 0. The Morgan fingerprint density at radius 1 is 0.786 bits per heavy atom. The predicted molar refractivity (Wildman–Crippen MR) is 28.5 cm³/mol.